The topological polar surface area (TPSA) is 35.2 Å². The molecule has 2 heteroatoms. The first-order chi connectivity index (χ1) is 17.6. The SMILES string of the molecule is CCCc1cc(N)ccc1Oc1c(CCC)cc(-c2cccc3c2Cc2ccccc2-3)cc1CCC. The molecule has 0 amide bonds. The molecule has 0 aromatic heterocycles. The van der Waals surface area contributed by atoms with Gasteiger partial charge in [-0.05, 0) is 106 Å². The van der Waals surface area contributed by atoms with Crippen LogP contribution in [0.1, 0.15) is 67.9 Å². The summed E-state index contributed by atoms with van der Waals surface area (Å²) in [5.74, 6) is 1.98. The van der Waals surface area contributed by atoms with E-state index in [1.165, 1.54) is 50.1 Å². The minimum absolute atomic E-state index is 0.794. The molecule has 0 radical (unpaired) electrons. The van der Waals surface area contributed by atoms with Crippen LogP contribution in [0.15, 0.2) is 72.8 Å². The number of benzene rings is 4. The zero-order valence-corrected chi connectivity index (χ0v) is 21.9. The molecule has 2 nitrogen and oxygen atoms in total. The van der Waals surface area contributed by atoms with Crippen molar-refractivity contribution < 1.29 is 4.74 Å². The van der Waals surface area contributed by atoms with Gasteiger partial charge in [0.15, 0.2) is 0 Å². The Hall–Kier alpha value is -3.52. The van der Waals surface area contributed by atoms with Gasteiger partial charge >= 0.3 is 0 Å². The molecule has 0 spiro atoms. The van der Waals surface area contributed by atoms with Crippen molar-refractivity contribution in [2.24, 2.45) is 0 Å². The molecule has 4 aromatic rings. The molecule has 36 heavy (non-hydrogen) atoms. The third kappa shape index (κ3) is 4.65. The first kappa shape index (κ1) is 24.2. The fourth-order valence-electron chi connectivity index (χ4n) is 5.65. The van der Waals surface area contributed by atoms with Gasteiger partial charge in [-0.25, -0.2) is 0 Å². The molecule has 0 heterocycles. The highest BCUT2D eigenvalue weighted by molar-refractivity contribution is 5.85. The van der Waals surface area contributed by atoms with Crippen molar-refractivity contribution in [1.29, 1.82) is 0 Å². The molecule has 1 aliphatic carbocycles. The molecule has 0 saturated carbocycles. The lowest BCUT2D eigenvalue weighted by molar-refractivity contribution is 0.462. The molecule has 2 N–H and O–H groups in total. The van der Waals surface area contributed by atoms with Crippen LogP contribution in [0.4, 0.5) is 5.69 Å². The van der Waals surface area contributed by atoms with Crippen LogP contribution in [-0.4, -0.2) is 0 Å². The highest BCUT2D eigenvalue weighted by Gasteiger charge is 2.23. The lowest BCUT2D eigenvalue weighted by Crippen LogP contribution is -2.02. The lowest BCUT2D eigenvalue weighted by Gasteiger charge is -2.20. The van der Waals surface area contributed by atoms with Gasteiger partial charge in [0, 0.05) is 5.69 Å². The number of fused-ring (bicyclic) bond motifs is 3. The second-order valence-electron chi connectivity index (χ2n) is 10.0. The number of hydrogen-bond donors (Lipinski definition) is 1. The van der Waals surface area contributed by atoms with Crippen LogP contribution in [0, 0.1) is 0 Å². The van der Waals surface area contributed by atoms with Crippen molar-refractivity contribution in [2.75, 3.05) is 5.73 Å². The normalized spacial score (nSPS) is 11.9. The smallest absolute Gasteiger partial charge is 0.133 e. The predicted molar refractivity (Wildman–Crippen MR) is 153 cm³/mol. The highest BCUT2D eigenvalue weighted by Crippen LogP contribution is 2.43. The van der Waals surface area contributed by atoms with E-state index in [1.54, 1.807) is 0 Å². The minimum Gasteiger partial charge on any atom is -0.457 e. The maximum atomic E-state index is 6.76. The van der Waals surface area contributed by atoms with Crippen LogP contribution in [0.3, 0.4) is 0 Å². The third-order valence-electron chi connectivity index (χ3n) is 7.26. The van der Waals surface area contributed by atoms with E-state index < -0.39 is 0 Å². The lowest BCUT2D eigenvalue weighted by atomic mass is 9.91. The van der Waals surface area contributed by atoms with E-state index >= 15 is 0 Å². The molecule has 5 rings (SSSR count). The first-order valence-corrected chi connectivity index (χ1v) is 13.6. The van der Waals surface area contributed by atoms with Gasteiger partial charge in [0.05, 0.1) is 0 Å². The maximum absolute atomic E-state index is 6.76. The minimum atomic E-state index is 0.794. The Bertz CT molecular complexity index is 1360. The Morgan fingerprint density at radius 3 is 2.03 bits per heavy atom. The predicted octanol–water partition coefficient (Wildman–Crippen LogP) is 9.16. The van der Waals surface area contributed by atoms with Crippen molar-refractivity contribution in [2.45, 2.75) is 65.7 Å². The second kappa shape index (κ2) is 10.6. The summed E-state index contributed by atoms with van der Waals surface area (Å²) in [5.41, 5.74) is 19.0. The van der Waals surface area contributed by atoms with Crippen molar-refractivity contribution in [1.82, 2.24) is 0 Å². The van der Waals surface area contributed by atoms with E-state index in [1.807, 2.05) is 12.1 Å². The summed E-state index contributed by atoms with van der Waals surface area (Å²) in [7, 11) is 0. The summed E-state index contributed by atoms with van der Waals surface area (Å²) in [6.45, 7) is 6.69. The van der Waals surface area contributed by atoms with Crippen LogP contribution in [-0.2, 0) is 25.7 Å². The largest absolute Gasteiger partial charge is 0.457 e. The Balaban J connectivity index is 1.62. The third-order valence-corrected chi connectivity index (χ3v) is 7.26. The van der Waals surface area contributed by atoms with E-state index in [9.17, 15) is 0 Å². The standard InChI is InChI=1S/C34H37NO/c1-4-10-24-21-28(35)17-18-33(24)36-34-25(11-5-2)19-27(20-26(34)12-6-3)30-15-9-16-31-29-14-8-7-13-23(29)22-32(30)31/h7-9,13-21H,4-6,10-12,22,35H2,1-3H3. The molecule has 0 fully saturated rings. The van der Waals surface area contributed by atoms with E-state index in [0.29, 0.717) is 0 Å². The number of anilines is 1. The molecular formula is C34H37NO. The van der Waals surface area contributed by atoms with E-state index in [4.69, 9.17) is 10.5 Å². The first-order valence-electron chi connectivity index (χ1n) is 13.6. The number of rotatable bonds is 9. The van der Waals surface area contributed by atoms with Gasteiger partial charge in [0.2, 0.25) is 0 Å². The Kier molecular flexibility index (Phi) is 7.13. The summed E-state index contributed by atoms with van der Waals surface area (Å²) in [4.78, 5) is 0. The van der Waals surface area contributed by atoms with E-state index in [-0.39, 0.29) is 0 Å². The number of nitrogens with two attached hydrogens (primary N) is 1. The highest BCUT2D eigenvalue weighted by atomic mass is 16.5. The Morgan fingerprint density at radius 1 is 0.667 bits per heavy atom. The number of nitrogen functional groups attached to an aromatic ring is 1. The molecule has 4 aromatic carbocycles. The van der Waals surface area contributed by atoms with Gasteiger partial charge in [0.25, 0.3) is 0 Å². The van der Waals surface area contributed by atoms with Gasteiger partial charge in [-0.2, -0.15) is 0 Å². The zero-order valence-electron chi connectivity index (χ0n) is 21.9. The van der Waals surface area contributed by atoms with Crippen LogP contribution in [0.25, 0.3) is 22.3 Å². The quantitative estimate of drug-likeness (QED) is 0.216. The van der Waals surface area contributed by atoms with Crippen LogP contribution in [0.2, 0.25) is 0 Å². The molecule has 0 aliphatic heterocycles. The summed E-state index contributed by atoms with van der Waals surface area (Å²) >= 11 is 0. The average Bonchev–Trinajstić information content (AvgIpc) is 3.26. The summed E-state index contributed by atoms with van der Waals surface area (Å²) in [6, 6.07) is 26.4. The second-order valence-corrected chi connectivity index (χ2v) is 10.0. The maximum Gasteiger partial charge on any atom is 0.133 e. The van der Waals surface area contributed by atoms with E-state index in [0.717, 1.165) is 62.1 Å². The molecule has 0 bridgehead atoms. The van der Waals surface area contributed by atoms with Gasteiger partial charge in [-0.3, -0.25) is 0 Å². The molecule has 0 atom stereocenters. The molecule has 0 unspecified atom stereocenters. The Labute approximate surface area is 216 Å². The molecule has 1 aliphatic rings. The number of hydrogen-bond acceptors (Lipinski definition) is 2. The number of aryl methyl sites for hydroxylation is 3. The monoisotopic (exact) mass is 475 g/mol. The van der Waals surface area contributed by atoms with Crippen molar-refractivity contribution in [3.8, 4) is 33.8 Å². The summed E-state index contributed by atoms with van der Waals surface area (Å²) < 4.78 is 6.76. The van der Waals surface area contributed by atoms with Crippen LogP contribution < -0.4 is 10.5 Å². The summed E-state index contributed by atoms with van der Waals surface area (Å²) in [5, 5.41) is 0. The molecular weight excluding hydrogens is 438 g/mol. The molecule has 0 saturated heterocycles. The van der Waals surface area contributed by atoms with Crippen LogP contribution >= 0.6 is 0 Å². The zero-order chi connectivity index (χ0) is 25.1. The van der Waals surface area contributed by atoms with Gasteiger partial charge in [0.1, 0.15) is 11.5 Å². The Morgan fingerprint density at radius 2 is 1.31 bits per heavy atom. The summed E-state index contributed by atoms with van der Waals surface area (Å²) in [6.07, 6.45) is 7.16. The fourth-order valence-corrected chi connectivity index (χ4v) is 5.65. The number of ether oxygens (including phenoxy) is 1. The van der Waals surface area contributed by atoms with Crippen molar-refractivity contribution in [3.63, 3.8) is 0 Å². The van der Waals surface area contributed by atoms with Gasteiger partial charge in [-0.15, -0.1) is 0 Å². The van der Waals surface area contributed by atoms with Crippen molar-refractivity contribution >= 4 is 5.69 Å². The van der Waals surface area contributed by atoms with Gasteiger partial charge in [-0.1, -0.05) is 82.5 Å². The van der Waals surface area contributed by atoms with Crippen molar-refractivity contribution in [3.05, 3.63) is 101 Å². The average molecular weight is 476 g/mol. The molecule has 184 valence electrons. The van der Waals surface area contributed by atoms with Crippen LogP contribution in [0.5, 0.6) is 11.5 Å². The fraction of sp³-hybridized carbons (Fsp3) is 0.294. The van der Waals surface area contributed by atoms with Gasteiger partial charge < -0.3 is 10.5 Å². The van der Waals surface area contributed by atoms with E-state index in [2.05, 4.69) is 81.4 Å².